The van der Waals surface area contributed by atoms with E-state index >= 15 is 0 Å². The van der Waals surface area contributed by atoms with Crippen molar-refractivity contribution in [3.8, 4) is 0 Å². The first-order chi connectivity index (χ1) is 8.56. The number of halogens is 2. The van der Waals surface area contributed by atoms with Gasteiger partial charge >= 0.3 is 0 Å². The molecule has 1 heterocycles. The standard InChI is InChI=1S/C12H14Cl2N2O2/c13-10-5-7(6-11(14)16-10)12(18)15-8-3-1-2-4-9(8)17/h5-6,8-9,17H,1-4H2,(H,15,18)/t8-,9-/m0/s1. The fourth-order valence-corrected chi connectivity index (χ4v) is 2.59. The molecule has 1 aliphatic carbocycles. The van der Waals surface area contributed by atoms with Crippen molar-refractivity contribution in [3.05, 3.63) is 28.0 Å². The summed E-state index contributed by atoms with van der Waals surface area (Å²) in [7, 11) is 0. The van der Waals surface area contributed by atoms with Crippen molar-refractivity contribution in [2.75, 3.05) is 0 Å². The van der Waals surface area contributed by atoms with Crippen LogP contribution in [-0.2, 0) is 0 Å². The summed E-state index contributed by atoms with van der Waals surface area (Å²) in [5.41, 5.74) is 0.359. The van der Waals surface area contributed by atoms with E-state index in [0.29, 0.717) is 5.56 Å². The Morgan fingerprint density at radius 2 is 1.89 bits per heavy atom. The van der Waals surface area contributed by atoms with Gasteiger partial charge in [-0.3, -0.25) is 4.79 Å². The van der Waals surface area contributed by atoms with Crippen LogP contribution in [0.4, 0.5) is 0 Å². The summed E-state index contributed by atoms with van der Waals surface area (Å²) in [5.74, 6) is -0.285. The zero-order valence-corrected chi connectivity index (χ0v) is 11.2. The Hall–Kier alpha value is -0.840. The van der Waals surface area contributed by atoms with Crippen LogP contribution in [0.1, 0.15) is 36.0 Å². The summed E-state index contributed by atoms with van der Waals surface area (Å²) in [6, 6.07) is 2.72. The lowest BCUT2D eigenvalue weighted by atomic mass is 9.92. The number of hydrogen-bond acceptors (Lipinski definition) is 3. The molecule has 2 N–H and O–H groups in total. The van der Waals surface area contributed by atoms with E-state index < -0.39 is 6.10 Å². The van der Waals surface area contributed by atoms with Gasteiger partial charge in [-0.05, 0) is 25.0 Å². The van der Waals surface area contributed by atoms with Crippen molar-refractivity contribution >= 4 is 29.1 Å². The number of pyridine rings is 1. The largest absolute Gasteiger partial charge is 0.391 e. The van der Waals surface area contributed by atoms with Crippen LogP contribution in [0.25, 0.3) is 0 Å². The maximum Gasteiger partial charge on any atom is 0.251 e. The molecule has 98 valence electrons. The second-order valence-electron chi connectivity index (χ2n) is 4.43. The number of aliphatic hydroxyl groups is 1. The predicted molar refractivity (Wildman–Crippen MR) is 70.0 cm³/mol. The molecule has 0 saturated heterocycles. The average molecular weight is 289 g/mol. The van der Waals surface area contributed by atoms with Crippen molar-refractivity contribution in [3.63, 3.8) is 0 Å². The molecular formula is C12H14Cl2N2O2. The first-order valence-corrected chi connectivity index (χ1v) is 6.64. The van der Waals surface area contributed by atoms with Gasteiger partial charge in [-0.1, -0.05) is 36.0 Å². The van der Waals surface area contributed by atoms with Crippen molar-refractivity contribution in [1.82, 2.24) is 10.3 Å². The highest BCUT2D eigenvalue weighted by molar-refractivity contribution is 6.33. The van der Waals surface area contributed by atoms with E-state index in [4.69, 9.17) is 23.2 Å². The molecule has 1 aromatic rings. The molecule has 1 amide bonds. The molecular weight excluding hydrogens is 275 g/mol. The number of aliphatic hydroxyl groups excluding tert-OH is 1. The second-order valence-corrected chi connectivity index (χ2v) is 5.21. The van der Waals surface area contributed by atoms with Gasteiger partial charge in [0, 0.05) is 5.56 Å². The van der Waals surface area contributed by atoms with Crippen LogP contribution in [0.5, 0.6) is 0 Å². The summed E-state index contributed by atoms with van der Waals surface area (Å²) in [6.07, 6.45) is 3.05. The van der Waals surface area contributed by atoms with E-state index in [1.807, 2.05) is 0 Å². The number of carbonyl (C=O) groups is 1. The molecule has 4 nitrogen and oxygen atoms in total. The Kier molecular flexibility index (Phi) is 4.43. The van der Waals surface area contributed by atoms with Gasteiger partial charge in [0.2, 0.25) is 0 Å². The first-order valence-electron chi connectivity index (χ1n) is 5.88. The highest BCUT2D eigenvalue weighted by Gasteiger charge is 2.25. The number of nitrogens with zero attached hydrogens (tertiary/aromatic N) is 1. The van der Waals surface area contributed by atoms with Gasteiger partial charge in [-0.25, -0.2) is 4.98 Å². The lowest BCUT2D eigenvalue weighted by Crippen LogP contribution is -2.45. The summed E-state index contributed by atoms with van der Waals surface area (Å²) in [4.78, 5) is 15.8. The van der Waals surface area contributed by atoms with Crippen LogP contribution in [0, 0.1) is 0 Å². The topological polar surface area (TPSA) is 62.2 Å². The summed E-state index contributed by atoms with van der Waals surface area (Å²) < 4.78 is 0. The minimum Gasteiger partial charge on any atom is -0.391 e. The summed E-state index contributed by atoms with van der Waals surface area (Å²) >= 11 is 11.5. The lowest BCUT2D eigenvalue weighted by Gasteiger charge is -2.28. The normalized spacial score (nSPS) is 23.7. The third-order valence-corrected chi connectivity index (χ3v) is 3.46. The van der Waals surface area contributed by atoms with Gasteiger partial charge in [-0.15, -0.1) is 0 Å². The quantitative estimate of drug-likeness (QED) is 0.822. The van der Waals surface area contributed by atoms with Crippen LogP contribution < -0.4 is 5.32 Å². The molecule has 1 aromatic heterocycles. The van der Waals surface area contributed by atoms with E-state index in [2.05, 4.69) is 10.3 Å². The maximum atomic E-state index is 12.0. The third kappa shape index (κ3) is 3.34. The number of aromatic nitrogens is 1. The minimum absolute atomic E-state index is 0.178. The van der Waals surface area contributed by atoms with Crippen LogP contribution >= 0.6 is 23.2 Å². The van der Waals surface area contributed by atoms with E-state index in [1.165, 1.54) is 12.1 Å². The highest BCUT2D eigenvalue weighted by Crippen LogP contribution is 2.20. The molecule has 0 spiro atoms. The Morgan fingerprint density at radius 1 is 1.28 bits per heavy atom. The van der Waals surface area contributed by atoms with Gasteiger partial charge in [0.1, 0.15) is 10.3 Å². The van der Waals surface area contributed by atoms with E-state index in [0.717, 1.165) is 25.7 Å². The van der Waals surface area contributed by atoms with Crippen molar-refractivity contribution in [1.29, 1.82) is 0 Å². The zero-order chi connectivity index (χ0) is 13.1. The fourth-order valence-electron chi connectivity index (χ4n) is 2.13. The van der Waals surface area contributed by atoms with Crippen molar-refractivity contribution in [2.24, 2.45) is 0 Å². The molecule has 0 aromatic carbocycles. The second kappa shape index (κ2) is 5.87. The van der Waals surface area contributed by atoms with E-state index in [1.54, 1.807) is 0 Å². The van der Waals surface area contributed by atoms with Gasteiger partial charge in [-0.2, -0.15) is 0 Å². The number of hydrogen-bond donors (Lipinski definition) is 2. The van der Waals surface area contributed by atoms with Gasteiger partial charge < -0.3 is 10.4 Å². The van der Waals surface area contributed by atoms with Crippen LogP contribution in [-0.4, -0.2) is 28.1 Å². The van der Waals surface area contributed by atoms with Crippen LogP contribution in [0.15, 0.2) is 12.1 Å². The Labute approximate surface area is 115 Å². The molecule has 18 heavy (non-hydrogen) atoms. The third-order valence-electron chi connectivity index (χ3n) is 3.07. The molecule has 0 radical (unpaired) electrons. The van der Waals surface area contributed by atoms with Gasteiger partial charge in [0.05, 0.1) is 12.1 Å². The van der Waals surface area contributed by atoms with Gasteiger partial charge in [0.25, 0.3) is 5.91 Å². The molecule has 0 bridgehead atoms. The Morgan fingerprint density at radius 3 is 2.50 bits per heavy atom. The summed E-state index contributed by atoms with van der Waals surface area (Å²) in [5, 5.41) is 13.0. The first kappa shape index (κ1) is 13.6. The summed E-state index contributed by atoms with van der Waals surface area (Å²) in [6.45, 7) is 0. The molecule has 6 heteroatoms. The number of rotatable bonds is 2. The minimum atomic E-state index is -0.476. The van der Waals surface area contributed by atoms with Crippen molar-refractivity contribution in [2.45, 2.75) is 37.8 Å². The smallest absolute Gasteiger partial charge is 0.251 e. The SMILES string of the molecule is O=C(N[C@H]1CCCC[C@@H]1O)c1cc(Cl)nc(Cl)c1. The number of nitrogens with one attached hydrogen (secondary N) is 1. The van der Waals surface area contributed by atoms with Crippen molar-refractivity contribution < 1.29 is 9.90 Å². The van der Waals surface area contributed by atoms with E-state index in [-0.39, 0.29) is 22.3 Å². The van der Waals surface area contributed by atoms with E-state index in [9.17, 15) is 9.90 Å². The molecule has 0 aliphatic heterocycles. The number of carbonyl (C=O) groups excluding carboxylic acids is 1. The molecule has 1 saturated carbocycles. The molecule has 1 aliphatic rings. The average Bonchev–Trinajstić information content (AvgIpc) is 2.31. The monoisotopic (exact) mass is 288 g/mol. The van der Waals surface area contributed by atoms with Crippen LogP contribution in [0.3, 0.4) is 0 Å². The zero-order valence-electron chi connectivity index (χ0n) is 9.70. The lowest BCUT2D eigenvalue weighted by molar-refractivity contribution is 0.0717. The molecule has 2 atom stereocenters. The Balaban J connectivity index is 2.06. The predicted octanol–water partition coefficient (Wildman–Crippen LogP) is 2.42. The van der Waals surface area contributed by atoms with Crippen LogP contribution in [0.2, 0.25) is 10.3 Å². The number of amides is 1. The molecule has 1 fully saturated rings. The maximum absolute atomic E-state index is 12.0. The highest BCUT2D eigenvalue weighted by atomic mass is 35.5. The molecule has 2 rings (SSSR count). The fraction of sp³-hybridized carbons (Fsp3) is 0.500. The Bertz CT molecular complexity index is 433. The molecule has 0 unspecified atom stereocenters. The van der Waals surface area contributed by atoms with Gasteiger partial charge in [0.15, 0.2) is 0 Å².